The molecular weight excluding hydrogens is 262 g/mol. The molecule has 0 saturated carbocycles. The number of rotatable bonds is 7. The van der Waals surface area contributed by atoms with E-state index in [0.29, 0.717) is 6.04 Å². The van der Waals surface area contributed by atoms with Crippen LogP contribution in [-0.4, -0.2) is 18.3 Å². The van der Waals surface area contributed by atoms with E-state index in [0.717, 1.165) is 18.7 Å². The van der Waals surface area contributed by atoms with Gasteiger partial charge < -0.3 is 5.32 Å². The van der Waals surface area contributed by atoms with E-state index in [1.165, 1.54) is 16.0 Å². The summed E-state index contributed by atoms with van der Waals surface area (Å²) >= 11 is 1.93. The third-order valence-corrected chi connectivity index (χ3v) is 4.46. The Labute approximate surface area is 126 Å². The maximum absolute atomic E-state index is 3.59. The van der Waals surface area contributed by atoms with E-state index in [2.05, 4.69) is 73.8 Å². The third kappa shape index (κ3) is 5.03. The summed E-state index contributed by atoms with van der Waals surface area (Å²) in [6, 6.07) is 20.0. The van der Waals surface area contributed by atoms with Crippen LogP contribution in [0.3, 0.4) is 0 Å². The zero-order chi connectivity index (χ0) is 14.2. The van der Waals surface area contributed by atoms with Crippen molar-refractivity contribution in [1.29, 1.82) is 0 Å². The predicted molar refractivity (Wildman–Crippen MR) is 89.5 cm³/mol. The lowest BCUT2D eigenvalue weighted by Gasteiger charge is -2.17. The van der Waals surface area contributed by atoms with E-state index in [1.807, 2.05) is 11.8 Å². The maximum atomic E-state index is 3.59. The van der Waals surface area contributed by atoms with E-state index < -0.39 is 0 Å². The zero-order valence-electron chi connectivity index (χ0n) is 12.3. The van der Waals surface area contributed by atoms with Crippen molar-refractivity contribution >= 4 is 11.8 Å². The molecule has 0 heterocycles. The molecule has 1 atom stereocenters. The van der Waals surface area contributed by atoms with Crippen LogP contribution in [0.2, 0.25) is 0 Å². The van der Waals surface area contributed by atoms with Crippen molar-refractivity contribution in [2.45, 2.75) is 31.2 Å². The molecule has 20 heavy (non-hydrogen) atoms. The summed E-state index contributed by atoms with van der Waals surface area (Å²) in [6.07, 6.45) is 1.09. The molecule has 1 unspecified atom stereocenters. The Hall–Kier alpha value is -1.25. The van der Waals surface area contributed by atoms with Crippen molar-refractivity contribution < 1.29 is 0 Å². The first-order valence-electron chi connectivity index (χ1n) is 7.24. The molecule has 0 radical (unpaired) electrons. The minimum atomic E-state index is 0.522. The minimum absolute atomic E-state index is 0.522. The molecule has 0 aliphatic carbocycles. The average molecular weight is 285 g/mol. The van der Waals surface area contributed by atoms with Gasteiger partial charge in [0.2, 0.25) is 0 Å². The molecule has 0 saturated heterocycles. The highest BCUT2D eigenvalue weighted by molar-refractivity contribution is 7.99. The lowest BCUT2D eigenvalue weighted by atomic mass is 10.1. The Morgan fingerprint density at radius 1 is 1.00 bits per heavy atom. The molecule has 1 N–H and O–H groups in total. The van der Waals surface area contributed by atoms with Crippen LogP contribution >= 0.6 is 11.8 Å². The Kier molecular flexibility index (Phi) is 6.16. The molecule has 0 amide bonds. The summed E-state index contributed by atoms with van der Waals surface area (Å²) in [4.78, 5) is 1.35. The lowest BCUT2D eigenvalue weighted by molar-refractivity contribution is 0.572. The van der Waals surface area contributed by atoms with Crippen LogP contribution in [0.4, 0.5) is 0 Å². The van der Waals surface area contributed by atoms with Gasteiger partial charge in [-0.2, -0.15) is 0 Å². The summed E-state index contributed by atoms with van der Waals surface area (Å²) in [5.41, 5.74) is 2.73. The highest BCUT2D eigenvalue weighted by Crippen LogP contribution is 2.20. The fraction of sp³-hybridized carbons (Fsp3) is 0.333. The fourth-order valence-electron chi connectivity index (χ4n) is 2.21. The van der Waals surface area contributed by atoms with Crippen molar-refractivity contribution in [1.82, 2.24) is 5.32 Å². The van der Waals surface area contributed by atoms with Gasteiger partial charge in [0.05, 0.1) is 0 Å². The number of benzene rings is 2. The summed E-state index contributed by atoms with van der Waals surface area (Å²) < 4.78 is 0. The molecule has 2 aromatic carbocycles. The van der Waals surface area contributed by atoms with E-state index in [1.54, 1.807) is 0 Å². The summed E-state index contributed by atoms with van der Waals surface area (Å²) in [5.74, 6) is 1.10. The van der Waals surface area contributed by atoms with Gasteiger partial charge in [-0.15, -0.1) is 11.8 Å². The van der Waals surface area contributed by atoms with Crippen LogP contribution in [0.15, 0.2) is 59.5 Å². The van der Waals surface area contributed by atoms with E-state index >= 15 is 0 Å². The van der Waals surface area contributed by atoms with Gasteiger partial charge in [-0.1, -0.05) is 55.0 Å². The van der Waals surface area contributed by atoms with Gasteiger partial charge in [-0.3, -0.25) is 0 Å². The Bertz CT molecular complexity index is 493. The number of thioether (sulfide) groups is 1. The summed E-state index contributed by atoms with van der Waals surface area (Å²) in [5, 5.41) is 3.59. The molecule has 0 aliphatic rings. The molecule has 2 aromatic rings. The van der Waals surface area contributed by atoms with Gasteiger partial charge in [0, 0.05) is 16.7 Å². The van der Waals surface area contributed by atoms with Crippen molar-refractivity contribution in [2.75, 3.05) is 12.3 Å². The Morgan fingerprint density at radius 2 is 1.70 bits per heavy atom. The molecule has 0 aromatic heterocycles. The predicted octanol–water partition coefficient (Wildman–Crippen LogP) is 4.31. The van der Waals surface area contributed by atoms with Crippen LogP contribution in [0, 0.1) is 6.92 Å². The average Bonchev–Trinajstić information content (AvgIpc) is 2.48. The molecule has 2 rings (SSSR count). The van der Waals surface area contributed by atoms with Gasteiger partial charge in [-0.05, 0) is 37.6 Å². The van der Waals surface area contributed by atoms with Gasteiger partial charge in [0.25, 0.3) is 0 Å². The molecule has 0 aliphatic heterocycles. The fourth-order valence-corrected chi connectivity index (χ4v) is 3.17. The second-order valence-corrected chi connectivity index (χ2v) is 6.16. The first kappa shape index (κ1) is 15.1. The molecule has 0 bridgehead atoms. The first-order chi connectivity index (χ1) is 9.78. The monoisotopic (exact) mass is 285 g/mol. The van der Waals surface area contributed by atoms with Crippen molar-refractivity contribution in [3.8, 4) is 0 Å². The quantitative estimate of drug-likeness (QED) is 0.761. The molecule has 106 valence electrons. The van der Waals surface area contributed by atoms with Crippen LogP contribution in [0.1, 0.15) is 18.1 Å². The van der Waals surface area contributed by atoms with E-state index in [9.17, 15) is 0 Å². The van der Waals surface area contributed by atoms with Crippen LogP contribution in [-0.2, 0) is 6.42 Å². The van der Waals surface area contributed by atoms with Gasteiger partial charge in [0.1, 0.15) is 0 Å². The van der Waals surface area contributed by atoms with Gasteiger partial charge >= 0.3 is 0 Å². The number of hydrogen-bond acceptors (Lipinski definition) is 2. The SMILES string of the molecule is CCNC(CSc1ccc(C)cc1)Cc1ccccc1. The Balaban J connectivity index is 1.90. The van der Waals surface area contributed by atoms with Crippen LogP contribution in [0.5, 0.6) is 0 Å². The van der Waals surface area contributed by atoms with E-state index in [-0.39, 0.29) is 0 Å². The molecule has 1 nitrogen and oxygen atoms in total. The van der Waals surface area contributed by atoms with Crippen molar-refractivity contribution in [3.05, 3.63) is 65.7 Å². The molecule has 0 fully saturated rings. The topological polar surface area (TPSA) is 12.0 Å². The number of hydrogen-bond donors (Lipinski definition) is 1. The number of likely N-dealkylation sites (N-methyl/N-ethyl adjacent to an activating group) is 1. The second-order valence-electron chi connectivity index (χ2n) is 5.07. The standard InChI is InChI=1S/C18H23NS/c1-3-19-17(13-16-7-5-4-6-8-16)14-20-18-11-9-15(2)10-12-18/h4-12,17,19H,3,13-14H2,1-2H3. The highest BCUT2D eigenvalue weighted by atomic mass is 32.2. The molecule has 0 spiro atoms. The van der Waals surface area contributed by atoms with Gasteiger partial charge in [-0.25, -0.2) is 0 Å². The van der Waals surface area contributed by atoms with Crippen LogP contribution < -0.4 is 5.32 Å². The zero-order valence-corrected chi connectivity index (χ0v) is 13.1. The molecule has 2 heteroatoms. The van der Waals surface area contributed by atoms with Gasteiger partial charge in [0.15, 0.2) is 0 Å². The molecular formula is C18H23NS. The highest BCUT2D eigenvalue weighted by Gasteiger charge is 2.09. The lowest BCUT2D eigenvalue weighted by Crippen LogP contribution is -2.33. The van der Waals surface area contributed by atoms with E-state index in [4.69, 9.17) is 0 Å². The van der Waals surface area contributed by atoms with Crippen molar-refractivity contribution in [3.63, 3.8) is 0 Å². The van der Waals surface area contributed by atoms with Crippen molar-refractivity contribution in [2.24, 2.45) is 0 Å². The summed E-state index contributed by atoms with van der Waals surface area (Å²) in [7, 11) is 0. The number of aryl methyl sites for hydroxylation is 1. The first-order valence-corrected chi connectivity index (χ1v) is 8.23. The smallest absolute Gasteiger partial charge is 0.0201 e. The minimum Gasteiger partial charge on any atom is -0.313 e. The second kappa shape index (κ2) is 8.13. The van der Waals surface area contributed by atoms with Crippen LogP contribution in [0.25, 0.3) is 0 Å². The Morgan fingerprint density at radius 3 is 2.35 bits per heavy atom. The maximum Gasteiger partial charge on any atom is 0.0201 e. The third-order valence-electron chi connectivity index (χ3n) is 3.29. The summed E-state index contributed by atoms with van der Waals surface area (Å²) in [6.45, 7) is 5.33. The number of nitrogens with one attached hydrogen (secondary N) is 1. The largest absolute Gasteiger partial charge is 0.313 e. The normalized spacial score (nSPS) is 12.3.